The Hall–Kier alpha value is -3.48. The van der Waals surface area contributed by atoms with Gasteiger partial charge in [0.2, 0.25) is 0 Å². The Balaban J connectivity index is 1.62. The topological polar surface area (TPSA) is 89.0 Å². The molecule has 2 aromatic heterocycles. The summed E-state index contributed by atoms with van der Waals surface area (Å²) in [6, 6.07) is 13.0. The standard InChI is InChI=1S/C19H19N5O2/c1-2-26-17-9-4-3-8-15(17)24-19(25)16-12-23-18(13-21-16)22-11-14-7-5-6-10-20-14/h3-10,12-13H,2,11H2,1H3,(H,22,23)(H,24,25). The Morgan fingerprint density at radius 2 is 1.88 bits per heavy atom. The predicted octanol–water partition coefficient (Wildman–Crippen LogP) is 3.13. The minimum atomic E-state index is -0.346. The fourth-order valence-corrected chi connectivity index (χ4v) is 2.26. The predicted molar refractivity (Wildman–Crippen MR) is 99.2 cm³/mol. The van der Waals surface area contributed by atoms with Crippen LogP contribution in [0.3, 0.4) is 0 Å². The molecule has 1 amide bonds. The van der Waals surface area contributed by atoms with Crippen molar-refractivity contribution in [2.45, 2.75) is 13.5 Å². The maximum absolute atomic E-state index is 12.4. The van der Waals surface area contributed by atoms with Crippen molar-refractivity contribution in [1.29, 1.82) is 0 Å². The molecule has 0 radical (unpaired) electrons. The van der Waals surface area contributed by atoms with E-state index in [9.17, 15) is 4.79 Å². The molecule has 0 saturated carbocycles. The summed E-state index contributed by atoms with van der Waals surface area (Å²) < 4.78 is 5.50. The molecule has 0 aliphatic rings. The van der Waals surface area contributed by atoms with Crippen LogP contribution >= 0.6 is 0 Å². The molecule has 3 aromatic rings. The first-order valence-corrected chi connectivity index (χ1v) is 8.25. The van der Waals surface area contributed by atoms with Gasteiger partial charge in [0.05, 0.1) is 36.9 Å². The van der Waals surface area contributed by atoms with Crippen molar-refractivity contribution in [3.8, 4) is 5.75 Å². The molecule has 0 aliphatic carbocycles. The lowest BCUT2D eigenvalue weighted by atomic mass is 10.3. The van der Waals surface area contributed by atoms with Crippen molar-refractivity contribution in [1.82, 2.24) is 15.0 Å². The van der Waals surface area contributed by atoms with E-state index in [1.807, 2.05) is 37.3 Å². The minimum Gasteiger partial charge on any atom is -0.492 e. The van der Waals surface area contributed by atoms with Gasteiger partial charge in [0.1, 0.15) is 17.3 Å². The normalized spacial score (nSPS) is 10.2. The molecule has 2 N–H and O–H groups in total. The lowest BCUT2D eigenvalue weighted by Gasteiger charge is -2.11. The van der Waals surface area contributed by atoms with Crippen LogP contribution in [0.4, 0.5) is 11.5 Å². The third kappa shape index (κ3) is 4.54. The molecule has 0 fully saturated rings. The highest BCUT2D eigenvalue weighted by Gasteiger charge is 2.11. The Morgan fingerprint density at radius 3 is 2.62 bits per heavy atom. The zero-order chi connectivity index (χ0) is 18.2. The Kier molecular flexibility index (Phi) is 5.72. The Bertz CT molecular complexity index is 853. The number of pyridine rings is 1. The molecule has 1 aromatic carbocycles. The van der Waals surface area contributed by atoms with Gasteiger partial charge < -0.3 is 15.4 Å². The van der Waals surface area contributed by atoms with Crippen molar-refractivity contribution in [3.63, 3.8) is 0 Å². The molecular weight excluding hydrogens is 330 g/mol. The molecule has 0 bridgehead atoms. The van der Waals surface area contributed by atoms with Crippen molar-refractivity contribution in [2.75, 3.05) is 17.2 Å². The second-order valence-electron chi connectivity index (χ2n) is 5.34. The number of carbonyl (C=O) groups is 1. The summed E-state index contributed by atoms with van der Waals surface area (Å²) in [6.07, 6.45) is 4.68. The average molecular weight is 349 g/mol. The maximum Gasteiger partial charge on any atom is 0.275 e. The summed E-state index contributed by atoms with van der Waals surface area (Å²) in [5, 5.41) is 5.91. The summed E-state index contributed by atoms with van der Waals surface area (Å²) in [4.78, 5) is 25.0. The van der Waals surface area contributed by atoms with Crippen LogP contribution < -0.4 is 15.4 Å². The molecule has 132 valence electrons. The zero-order valence-electron chi connectivity index (χ0n) is 14.3. The number of nitrogens with one attached hydrogen (secondary N) is 2. The molecule has 0 unspecified atom stereocenters. The average Bonchev–Trinajstić information content (AvgIpc) is 2.69. The van der Waals surface area contributed by atoms with Gasteiger partial charge in [0.15, 0.2) is 0 Å². The number of nitrogens with zero attached hydrogens (tertiary/aromatic N) is 3. The number of hydrogen-bond donors (Lipinski definition) is 2. The molecule has 0 saturated heterocycles. The van der Waals surface area contributed by atoms with Crippen molar-refractivity contribution in [2.24, 2.45) is 0 Å². The molecule has 7 heteroatoms. The van der Waals surface area contributed by atoms with E-state index in [0.717, 1.165) is 5.69 Å². The number of ether oxygens (including phenoxy) is 1. The van der Waals surface area contributed by atoms with E-state index in [1.54, 1.807) is 18.3 Å². The van der Waals surface area contributed by atoms with Gasteiger partial charge in [-0.1, -0.05) is 18.2 Å². The number of carbonyl (C=O) groups excluding carboxylic acids is 1. The van der Waals surface area contributed by atoms with E-state index in [1.165, 1.54) is 12.4 Å². The first-order valence-electron chi connectivity index (χ1n) is 8.25. The van der Waals surface area contributed by atoms with E-state index in [-0.39, 0.29) is 11.6 Å². The van der Waals surface area contributed by atoms with Crippen LogP contribution in [-0.4, -0.2) is 27.5 Å². The van der Waals surface area contributed by atoms with Gasteiger partial charge >= 0.3 is 0 Å². The number of anilines is 2. The highest BCUT2D eigenvalue weighted by atomic mass is 16.5. The third-order valence-corrected chi connectivity index (χ3v) is 3.50. The molecule has 2 heterocycles. The van der Waals surface area contributed by atoms with Crippen molar-refractivity contribution in [3.05, 3.63) is 72.4 Å². The van der Waals surface area contributed by atoms with Crippen LogP contribution in [0.15, 0.2) is 61.1 Å². The number of benzene rings is 1. The summed E-state index contributed by atoms with van der Waals surface area (Å²) >= 11 is 0. The van der Waals surface area contributed by atoms with Crippen LogP contribution in [-0.2, 0) is 6.54 Å². The monoisotopic (exact) mass is 349 g/mol. The first kappa shape index (κ1) is 17.3. The van der Waals surface area contributed by atoms with E-state index < -0.39 is 0 Å². The van der Waals surface area contributed by atoms with Crippen LogP contribution in [0, 0.1) is 0 Å². The first-order chi connectivity index (χ1) is 12.8. The Morgan fingerprint density at radius 1 is 1.04 bits per heavy atom. The zero-order valence-corrected chi connectivity index (χ0v) is 14.3. The van der Waals surface area contributed by atoms with Gasteiger partial charge in [-0.2, -0.15) is 0 Å². The summed E-state index contributed by atoms with van der Waals surface area (Å²) in [6.45, 7) is 2.94. The lowest BCUT2D eigenvalue weighted by Crippen LogP contribution is -2.15. The third-order valence-electron chi connectivity index (χ3n) is 3.50. The smallest absolute Gasteiger partial charge is 0.275 e. The Labute approximate surface area is 151 Å². The number of aromatic nitrogens is 3. The molecule has 0 aliphatic heterocycles. The van der Waals surface area contributed by atoms with E-state index >= 15 is 0 Å². The number of hydrogen-bond acceptors (Lipinski definition) is 6. The van der Waals surface area contributed by atoms with Crippen LogP contribution in [0.1, 0.15) is 23.1 Å². The quantitative estimate of drug-likeness (QED) is 0.681. The second kappa shape index (κ2) is 8.57. The number of amides is 1. The second-order valence-corrected chi connectivity index (χ2v) is 5.34. The molecular formula is C19H19N5O2. The largest absolute Gasteiger partial charge is 0.492 e. The highest BCUT2D eigenvalue weighted by Crippen LogP contribution is 2.24. The van der Waals surface area contributed by atoms with Gasteiger partial charge in [0.25, 0.3) is 5.91 Å². The summed E-state index contributed by atoms with van der Waals surface area (Å²) in [5.74, 6) is 0.841. The highest BCUT2D eigenvalue weighted by molar-refractivity contribution is 6.03. The van der Waals surface area contributed by atoms with Gasteiger partial charge in [-0.3, -0.25) is 9.78 Å². The summed E-state index contributed by atoms with van der Waals surface area (Å²) in [7, 11) is 0. The molecule has 3 rings (SSSR count). The lowest BCUT2D eigenvalue weighted by molar-refractivity contribution is 0.102. The maximum atomic E-state index is 12.4. The van der Waals surface area contributed by atoms with Gasteiger partial charge in [-0.15, -0.1) is 0 Å². The van der Waals surface area contributed by atoms with Gasteiger partial charge in [-0.25, -0.2) is 9.97 Å². The van der Waals surface area contributed by atoms with E-state index in [0.29, 0.717) is 30.4 Å². The van der Waals surface area contributed by atoms with E-state index in [2.05, 4.69) is 25.6 Å². The SMILES string of the molecule is CCOc1ccccc1NC(=O)c1cnc(NCc2ccccn2)cn1. The minimum absolute atomic E-state index is 0.222. The number of rotatable bonds is 7. The fraction of sp³-hybridized carbons (Fsp3) is 0.158. The summed E-state index contributed by atoms with van der Waals surface area (Å²) in [5.41, 5.74) is 1.71. The molecule has 7 nitrogen and oxygen atoms in total. The van der Waals surface area contributed by atoms with Crippen molar-refractivity contribution < 1.29 is 9.53 Å². The molecule has 26 heavy (non-hydrogen) atoms. The van der Waals surface area contributed by atoms with Crippen LogP contribution in [0.2, 0.25) is 0 Å². The molecule has 0 atom stereocenters. The fourth-order valence-electron chi connectivity index (χ4n) is 2.26. The van der Waals surface area contributed by atoms with Gasteiger partial charge in [0, 0.05) is 6.20 Å². The van der Waals surface area contributed by atoms with Crippen molar-refractivity contribution >= 4 is 17.4 Å². The molecule has 0 spiro atoms. The van der Waals surface area contributed by atoms with Crippen LogP contribution in [0.5, 0.6) is 5.75 Å². The number of para-hydroxylation sites is 2. The van der Waals surface area contributed by atoms with E-state index in [4.69, 9.17) is 4.74 Å². The van der Waals surface area contributed by atoms with Gasteiger partial charge in [-0.05, 0) is 31.2 Å². The van der Waals surface area contributed by atoms with Crippen LogP contribution in [0.25, 0.3) is 0 Å².